The minimum absolute atomic E-state index is 0.157. The van der Waals surface area contributed by atoms with Crippen LogP contribution in [0.5, 0.6) is 0 Å². The highest BCUT2D eigenvalue weighted by Gasteiger charge is 2.61. The Labute approximate surface area is 304 Å². The SMILES string of the molecule is CC12C=CC=CC1c1c(c3ccccc3c3c1c1ccccc1n3-c1ccc(C/N=C/c3ccccc3)cc1)C2(c1ccccc1)c1ccccc1. The smallest absolute Gasteiger partial charge is 0.0640 e. The highest BCUT2D eigenvalue weighted by atomic mass is 15.0. The highest BCUT2D eigenvalue weighted by molar-refractivity contribution is 6.22. The number of allylic oxidation sites excluding steroid dienone is 4. The molecule has 0 aliphatic heterocycles. The van der Waals surface area contributed by atoms with Gasteiger partial charge in [0.2, 0.25) is 0 Å². The molecule has 8 aromatic rings. The summed E-state index contributed by atoms with van der Waals surface area (Å²) >= 11 is 0. The van der Waals surface area contributed by atoms with E-state index in [9.17, 15) is 0 Å². The molecule has 0 saturated heterocycles. The minimum atomic E-state index is -0.435. The van der Waals surface area contributed by atoms with Crippen molar-refractivity contribution in [3.8, 4) is 5.69 Å². The number of benzene rings is 7. The fourth-order valence-corrected chi connectivity index (χ4v) is 9.69. The van der Waals surface area contributed by atoms with E-state index in [0.29, 0.717) is 6.54 Å². The van der Waals surface area contributed by atoms with Crippen molar-refractivity contribution >= 4 is 38.8 Å². The first kappa shape index (κ1) is 30.6. The maximum atomic E-state index is 4.75. The van der Waals surface area contributed by atoms with Gasteiger partial charge < -0.3 is 4.57 Å². The van der Waals surface area contributed by atoms with Gasteiger partial charge in [-0.3, -0.25) is 4.99 Å². The van der Waals surface area contributed by atoms with Gasteiger partial charge >= 0.3 is 0 Å². The molecule has 0 radical (unpaired) electrons. The Morgan fingerprint density at radius 2 is 1.21 bits per heavy atom. The van der Waals surface area contributed by atoms with E-state index in [0.717, 1.165) is 11.3 Å². The Kier molecular flexibility index (Phi) is 7.01. The lowest BCUT2D eigenvalue weighted by Gasteiger charge is -2.47. The Hall–Kier alpha value is -6.25. The van der Waals surface area contributed by atoms with Crippen LogP contribution in [0.3, 0.4) is 0 Å². The van der Waals surface area contributed by atoms with E-state index < -0.39 is 5.41 Å². The zero-order chi connectivity index (χ0) is 34.7. The van der Waals surface area contributed by atoms with E-state index in [2.05, 4.69) is 181 Å². The van der Waals surface area contributed by atoms with E-state index in [1.807, 2.05) is 24.4 Å². The molecule has 0 fully saturated rings. The summed E-state index contributed by atoms with van der Waals surface area (Å²) in [5.74, 6) is 0.157. The largest absolute Gasteiger partial charge is 0.309 e. The molecular formula is C50H38N2. The molecule has 0 spiro atoms. The average Bonchev–Trinajstić information content (AvgIpc) is 3.68. The van der Waals surface area contributed by atoms with Crippen LogP contribution in [0.15, 0.2) is 193 Å². The molecule has 10 rings (SSSR count). The first-order valence-corrected chi connectivity index (χ1v) is 18.3. The monoisotopic (exact) mass is 666 g/mol. The number of fused-ring (bicyclic) bond motifs is 10. The summed E-state index contributed by atoms with van der Waals surface area (Å²) in [6.45, 7) is 3.14. The van der Waals surface area contributed by atoms with E-state index in [-0.39, 0.29) is 11.3 Å². The first-order valence-electron chi connectivity index (χ1n) is 18.3. The number of aromatic nitrogens is 1. The van der Waals surface area contributed by atoms with Crippen LogP contribution >= 0.6 is 0 Å². The second-order valence-electron chi connectivity index (χ2n) is 14.4. The number of nitrogens with zero attached hydrogens (tertiary/aromatic N) is 2. The van der Waals surface area contributed by atoms with Gasteiger partial charge in [0, 0.05) is 39.4 Å². The van der Waals surface area contributed by atoms with E-state index in [1.165, 1.54) is 60.4 Å². The van der Waals surface area contributed by atoms with Crippen molar-refractivity contribution in [3.63, 3.8) is 0 Å². The van der Waals surface area contributed by atoms with Crippen molar-refractivity contribution in [2.24, 2.45) is 10.4 Å². The third kappa shape index (κ3) is 4.28. The molecule has 248 valence electrons. The van der Waals surface area contributed by atoms with Gasteiger partial charge in [-0.25, -0.2) is 0 Å². The van der Waals surface area contributed by atoms with Crippen LogP contribution in [-0.4, -0.2) is 10.8 Å². The van der Waals surface area contributed by atoms with Gasteiger partial charge in [0.25, 0.3) is 0 Å². The van der Waals surface area contributed by atoms with Crippen molar-refractivity contribution in [1.29, 1.82) is 0 Å². The molecule has 0 saturated carbocycles. The number of para-hydroxylation sites is 1. The predicted molar refractivity (Wildman–Crippen MR) is 218 cm³/mol. The molecule has 7 aromatic carbocycles. The molecule has 52 heavy (non-hydrogen) atoms. The summed E-state index contributed by atoms with van der Waals surface area (Å²) in [5.41, 5.74) is 10.8. The van der Waals surface area contributed by atoms with Crippen molar-refractivity contribution in [2.75, 3.05) is 0 Å². The molecule has 2 aliphatic rings. The zero-order valence-corrected chi connectivity index (χ0v) is 29.2. The van der Waals surface area contributed by atoms with Gasteiger partial charge in [0.05, 0.1) is 23.0 Å². The summed E-state index contributed by atoms with van der Waals surface area (Å²) in [6, 6.07) is 60.0. The summed E-state index contributed by atoms with van der Waals surface area (Å²) in [7, 11) is 0. The van der Waals surface area contributed by atoms with Crippen molar-refractivity contribution < 1.29 is 0 Å². The average molecular weight is 667 g/mol. The minimum Gasteiger partial charge on any atom is -0.309 e. The van der Waals surface area contributed by atoms with Gasteiger partial charge in [-0.05, 0) is 57.0 Å². The Balaban J connectivity index is 1.29. The Morgan fingerprint density at radius 3 is 1.90 bits per heavy atom. The summed E-state index contributed by atoms with van der Waals surface area (Å²) in [6.07, 6.45) is 11.5. The van der Waals surface area contributed by atoms with Crippen LogP contribution in [-0.2, 0) is 12.0 Å². The molecule has 2 atom stereocenters. The normalized spacial score (nSPS) is 18.8. The van der Waals surface area contributed by atoms with Crippen LogP contribution in [0.25, 0.3) is 38.3 Å². The van der Waals surface area contributed by atoms with Crippen LogP contribution in [0, 0.1) is 5.41 Å². The molecule has 2 unspecified atom stereocenters. The van der Waals surface area contributed by atoms with E-state index in [4.69, 9.17) is 4.99 Å². The molecule has 0 bridgehead atoms. The zero-order valence-electron chi connectivity index (χ0n) is 29.2. The summed E-state index contributed by atoms with van der Waals surface area (Å²) in [5, 5.41) is 5.23. The van der Waals surface area contributed by atoms with Gasteiger partial charge in [-0.2, -0.15) is 0 Å². The topological polar surface area (TPSA) is 17.3 Å². The quantitative estimate of drug-likeness (QED) is 0.157. The van der Waals surface area contributed by atoms with Crippen molar-refractivity contribution in [3.05, 3.63) is 221 Å². The second-order valence-corrected chi connectivity index (χ2v) is 14.4. The van der Waals surface area contributed by atoms with Crippen LogP contribution in [0.1, 0.15) is 46.2 Å². The van der Waals surface area contributed by atoms with E-state index in [1.54, 1.807) is 0 Å². The van der Waals surface area contributed by atoms with Gasteiger partial charge in [-0.15, -0.1) is 0 Å². The lowest BCUT2D eigenvalue weighted by atomic mass is 9.54. The Bertz CT molecular complexity index is 2660. The van der Waals surface area contributed by atoms with Gasteiger partial charge in [0.15, 0.2) is 0 Å². The molecule has 2 aliphatic carbocycles. The lowest BCUT2D eigenvalue weighted by Crippen LogP contribution is -2.43. The molecule has 2 nitrogen and oxygen atoms in total. The van der Waals surface area contributed by atoms with Crippen molar-refractivity contribution in [2.45, 2.75) is 24.8 Å². The lowest BCUT2D eigenvalue weighted by molar-refractivity contribution is 0.290. The summed E-state index contributed by atoms with van der Waals surface area (Å²) < 4.78 is 2.51. The molecule has 0 N–H and O–H groups in total. The standard InChI is InChI=1S/C50H38N2/c1-49-32-16-15-26-43(49)46-45-42-25-13-14-27-44(42)52(39-30-28-36(29-31-39)34-51-33-35-17-5-2-6-18-35)48(45)41-24-12-11-23-40(41)47(46)50(49,37-19-7-3-8-20-37)38-21-9-4-10-22-38/h2-33,43H,34H2,1H3/b51-33+. The third-order valence-electron chi connectivity index (χ3n) is 11.8. The van der Waals surface area contributed by atoms with E-state index >= 15 is 0 Å². The van der Waals surface area contributed by atoms with Crippen LogP contribution in [0.4, 0.5) is 0 Å². The third-order valence-corrected chi connectivity index (χ3v) is 11.8. The van der Waals surface area contributed by atoms with Crippen LogP contribution < -0.4 is 0 Å². The summed E-state index contributed by atoms with van der Waals surface area (Å²) in [4.78, 5) is 4.75. The maximum Gasteiger partial charge on any atom is 0.0640 e. The first-order chi connectivity index (χ1) is 25.7. The van der Waals surface area contributed by atoms with Crippen molar-refractivity contribution in [1.82, 2.24) is 4.57 Å². The number of rotatable bonds is 6. The second kappa shape index (κ2) is 11.9. The Morgan fingerprint density at radius 1 is 0.615 bits per heavy atom. The number of hydrogen-bond acceptors (Lipinski definition) is 1. The van der Waals surface area contributed by atoms with Gasteiger partial charge in [-0.1, -0.05) is 177 Å². The molecule has 0 amide bonds. The fourth-order valence-electron chi connectivity index (χ4n) is 9.69. The molecular weight excluding hydrogens is 629 g/mol. The molecule has 2 heteroatoms. The van der Waals surface area contributed by atoms with Gasteiger partial charge in [0.1, 0.15) is 0 Å². The maximum absolute atomic E-state index is 4.75. The number of aliphatic imine (C=N–C) groups is 1. The highest BCUT2D eigenvalue weighted by Crippen LogP contribution is 2.69. The predicted octanol–water partition coefficient (Wildman–Crippen LogP) is 12.1. The molecule has 1 aromatic heterocycles. The number of hydrogen-bond donors (Lipinski definition) is 0. The van der Waals surface area contributed by atoms with Crippen LogP contribution in [0.2, 0.25) is 0 Å². The molecule has 1 heterocycles. The fraction of sp³-hybridized carbons (Fsp3) is 0.100.